The van der Waals surface area contributed by atoms with Crippen molar-refractivity contribution in [2.75, 3.05) is 0 Å². The van der Waals surface area contributed by atoms with E-state index in [9.17, 15) is 0 Å². The average Bonchev–Trinajstić information content (AvgIpc) is 2.49. The molecular formula is C20H32. The van der Waals surface area contributed by atoms with Gasteiger partial charge in [-0.15, -0.1) is 0 Å². The number of hydrogen-bond donors (Lipinski definition) is 0. The van der Waals surface area contributed by atoms with Crippen LogP contribution in [0.2, 0.25) is 0 Å². The van der Waals surface area contributed by atoms with Crippen LogP contribution < -0.4 is 0 Å². The molecule has 2 rings (SSSR count). The molecule has 0 heteroatoms. The zero-order chi connectivity index (χ0) is 14.2. The first-order chi connectivity index (χ1) is 9.81. The molecule has 0 bridgehead atoms. The van der Waals surface area contributed by atoms with Crippen LogP contribution in [-0.4, -0.2) is 0 Å². The van der Waals surface area contributed by atoms with E-state index in [0.29, 0.717) is 0 Å². The third-order valence-corrected chi connectivity index (χ3v) is 5.07. The van der Waals surface area contributed by atoms with Gasteiger partial charge in [-0.1, -0.05) is 83.1 Å². The molecule has 0 saturated heterocycles. The average molecular weight is 272 g/mol. The van der Waals surface area contributed by atoms with Crippen LogP contribution in [0.5, 0.6) is 0 Å². The fourth-order valence-electron chi connectivity index (χ4n) is 3.75. The number of benzene rings is 1. The van der Waals surface area contributed by atoms with Crippen LogP contribution in [0.25, 0.3) is 0 Å². The third-order valence-electron chi connectivity index (χ3n) is 5.07. The molecule has 1 aliphatic rings. The molecule has 112 valence electrons. The first kappa shape index (κ1) is 15.6. The van der Waals surface area contributed by atoms with Crippen molar-refractivity contribution in [3.63, 3.8) is 0 Å². The maximum absolute atomic E-state index is 2.35. The van der Waals surface area contributed by atoms with Gasteiger partial charge in [0, 0.05) is 0 Å². The summed E-state index contributed by atoms with van der Waals surface area (Å²) in [5.41, 5.74) is 3.04. The van der Waals surface area contributed by atoms with Crippen LogP contribution in [0.4, 0.5) is 0 Å². The van der Waals surface area contributed by atoms with Crippen molar-refractivity contribution in [2.24, 2.45) is 11.8 Å². The molecule has 1 aliphatic carbocycles. The second kappa shape index (κ2) is 8.49. The van der Waals surface area contributed by atoms with Crippen molar-refractivity contribution in [1.29, 1.82) is 0 Å². The smallest absolute Gasteiger partial charge is 0.0276 e. The summed E-state index contributed by atoms with van der Waals surface area (Å²) >= 11 is 0. The largest absolute Gasteiger partial charge is 0.0654 e. The normalized spacial score (nSPS) is 22.9. The van der Waals surface area contributed by atoms with Gasteiger partial charge in [0.15, 0.2) is 0 Å². The third kappa shape index (κ3) is 4.96. The van der Waals surface area contributed by atoms with Crippen molar-refractivity contribution < 1.29 is 0 Å². The summed E-state index contributed by atoms with van der Waals surface area (Å²) < 4.78 is 0. The van der Waals surface area contributed by atoms with E-state index in [1.165, 1.54) is 69.8 Å². The maximum atomic E-state index is 2.35. The minimum absolute atomic E-state index is 0.999. The van der Waals surface area contributed by atoms with Gasteiger partial charge in [0.25, 0.3) is 0 Å². The Kier molecular flexibility index (Phi) is 6.63. The predicted molar refractivity (Wildman–Crippen MR) is 89.1 cm³/mol. The lowest BCUT2D eigenvalue weighted by Crippen LogP contribution is -2.15. The lowest BCUT2D eigenvalue weighted by Gasteiger charge is -2.28. The Morgan fingerprint density at radius 3 is 1.70 bits per heavy atom. The molecule has 1 saturated carbocycles. The molecule has 0 aromatic heterocycles. The van der Waals surface area contributed by atoms with Crippen molar-refractivity contribution in [3.05, 3.63) is 35.4 Å². The van der Waals surface area contributed by atoms with Gasteiger partial charge in [0.05, 0.1) is 0 Å². The summed E-state index contributed by atoms with van der Waals surface area (Å²) in [6.07, 6.45) is 14.0. The lowest BCUT2D eigenvalue weighted by molar-refractivity contribution is 0.252. The van der Waals surface area contributed by atoms with Crippen molar-refractivity contribution in [2.45, 2.75) is 78.1 Å². The molecule has 0 heterocycles. The van der Waals surface area contributed by atoms with Gasteiger partial charge < -0.3 is 0 Å². The number of hydrogen-bond acceptors (Lipinski definition) is 0. The van der Waals surface area contributed by atoms with E-state index < -0.39 is 0 Å². The standard InChI is InChI=1S/C20H32/c1-3-5-17-7-11-19(12-8-17)15-16-20-13-9-18(6-4-2)10-14-20/h7-8,11-12,18,20H,3-6,9-10,13-16H2,1-2H3. The molecular weight excluding hydrogens is 240 g/mol. The number of rotatable bonds is 7. The molecule has 0 aliphatic heterocycles. The van der Waals surface area contributed by atoms with Gasteiger partial charge in [0.1, 0.15) is 0 Å². The molecule has 0 nitrogen and oxygen atoms in total. The molecule has 1 aromatic carbocycles. The van der Waals surface area contributed by atoms with Crippen molar-refractivity contribution >= 4 is 0 Å². The molecule has 0 amide bonds. The SMILES string of the molecule is CCCc1ccc(CCC2CCC(CCC)CC2)cc1. The summed E-state index contributed by atoms with van der Waals surface area (Å²) in [5, 5.41) is 0. The highest BCUT2D eigenvalue weighted by Crippen LogP contribution is 2.33. The van der Waals surface area contributed by atoms with Crippen LogP contribution >= 0.6 is 0 Å². The fraction of sp³-hybridized carbons (Fsp3) is 0.700. The highest BCUT2D eigenvalue weighted by Gasteiger charge is 2.20. The first-order valence-electron chi connectivity index (χ1n) is 8.89. The monoisotopic (exact) mass is 272 g/mol. The minimum Gasteiger partial charge on any atom is -0.0654 e. The Hall–Kier alpha value is -0.780. The highest BCUT2D eigenvalue weighted by molar-refractivity contribution is 5.22. The molecule has 0 N–H and O–H groups in total. The summed E-state index contributed by atoms with van der Waals surface area (Å²) in [6, 6.07) is 9.37. The van der Waals surface area contributed by atoms with E-state index in [2.05, 4.69) is 38.1 Å². The predicted octanol–water partition coefficient (Wildman–Crippen LogP) is 6.18. The van der Waals surface area contributed by atoms with Crippen LogP contribution in [0, 0.1) is 11.8 Å². The Morgan fingerprint density at radius 1 is 0.700 bits per heavy atom. The zero-order valence-corrected chi connectivity index (χ0v) is 13.5. The molecule has 0 unspecified atom stereocenters. The number of aryl methyl sites for hydroxylation is 2. The van der Waals surface area contributed by atoms with Gasteiger partial charge in [-0.2, -0.15) is 0 Å². The fourth-order valence-corrected chi connectivity index (χ4v) is 3.75. The van der Waals surface area contributed by atoms with Gasteiger partial charge in [-0.25, -0.2) is 0 Å². The van der Waals surface area contributed by atoms with Gasteiger partial charge in [-0.3, -0.25) is 0 Å². The topological polar surface area (TPSA) is 0 Å². The summed E-state index contributed by atoms with van der Waals surface area (Å²) in [7, 11) is 0. The van der Waals surface area contributed by atoms with E-state index in [4.69, 9.17) is 0 Å². The van der Waals surface area contributed by atoms with E-state index in [1.54, 1.807) is 5.56 Å². The molecule has 1 fully saturated rings. The second-order valence-electron chi connectivity index (χ2n) is 6.78. The van der Waals surface area contributed by atoms with E-state index in [-0.39, 0.29) is 0 Å². The zero-order valence-electron chi connectivity index (χ0n) is 13.5. The Balaban J connectivity index is 1.70. The van der Waals surface area contributed by atoms with Crippen LogP contribution in [-0.2, 0) is 12.8 Å². The summed E-state index contributed by atoms with van der Waals surface area (Å²) in [4.78, 5) is 0. The minimum atomic E-state index is 0.999. The Labute approximate surface area is 126 Å². The molecule has 0 radical (unpaired) electrons. The maximum Gasteiger partial charge on any atom is -0.0276 e. The molecule has 20 heavy (non-hydrogen) atoms. The van der Waals surface area contributed by atoms with Gasteiger partial charge in [0.2, 0.25) is 0 Å². The van der Waals surface area contributed by atoms with Crippen molar-refractivity contribution in [3.8, 4) is 0 Å². The Bertz CT molecular complexity index is 354. The van der Waals surface area contributed by atoms with Gasteiger partial charge >= 0.3 is 0 Å². The van der Waals surface area contributed by atoms with E-state index in [0.717, 1.165) is 11.8 Å². The molecule has 0 spiro atoms. The second-order valence-corrected chi connectivity index (χ2v) is 6.78. The summed E-state index contributed by atoms with van der Waals surface area (Å²) in [5.74, 6) is 2.04. The lowest BCUT2D eigenvalue weighted by atomic mass is 9.78. The van der Waals surface area contributed by atoms with E-state index >= 15 is 0 Å². The van der Waals surface area contributed by atoms with Crippen LogP contribution in [0.1, 0.15) is 76.3 Å². The molecule has 0 atom stereocenters. The Morgan fingerprint density at radius 2 is 1.20 bits per heavy atom. The highest BCUT2D eigenvalue weighted by atomic mass is 14.3. The van der Waals surface area contributed by atoms with E-state index in [1.807, 2.05) is 0 Å². The molecule has 1 aromatic rings. The van der Waals surface area contributed by atoms with Gasteiger partial charge in [-0.05, 0) is 42.2 Å². The van der Waals surface area contributed by atoms with Crippen LogP contribution in [0.15, 0.2) is 24.3 Å². The van der Waals surface area contributed by atoms with Crippen LogP contribution in [0.3, 0.4) is 0 Å². The quantitative estimate of drug-likeness (QED) is 0.556. The summed E-state index contributed by atoms with van der Waals surface area (Å²) in [6.45, 7) is 4.58. The first-order valence-corrected chi connectivity index (χ1v) is 8.89. The van der Waals surface area contributed by atoms with Crippen molar-refractivity contribution in [1.82, 2.24) is 0 Å².